The number of nitrogens with zero attached hydrogens (tertiary/aromatic N) is 1. The van der Waals surface area contributed by atoms with Crippen LogP contribution in [0.1, 0.15) is 31.9 Å². The number of carbonyl (C=O) groups is 1. The van der Waals surface area contributed by atoms with Crippen LogP contribution in [0.3, 0.4) is 0 Å². The standard InChI is InChI=1S/C20H25NO3/c1-15-13-17(23-14-16-9-7-6-8-10-16)11-12-18(15)21(5)19(22)24-20(2,3)4/h6-13H,14H2,1-5H3. The first-order valence-corrected chi connectivity index (χ1v) is 8.00. The molecule has 1 amide bonds. The van der Waals surface area contributed by atoms with Gasteiger partial charge in [-0.05, 0) is 57.0 Å². The Bertz CT molecular complexity index is 690. The monoisotopic (exact) mass is 327 g/mol. The van der Waals surface area contributed by atoms with E-state index in [0.29, 0.717) is 6.61 Å². The Morgan fingerprint density at radius 3 is 2.33 bits per heavy atom. The van der Waals surface area contributed by atoms with Crippen LogP contribution in [0.15, 0.2) is 48.5 Å². The molecule has 0 aromatic heterocycles. The van der Waals surface area contributed by atoms with E-state index in [1.807, 2.05) is 76.2 Å². The molecule has 4 nitrogen and oxygen atoms in total. The van der Waals surface area contributed by atoms with Crippen LogP contribution in [0.25, 0.3) is 0 Å². The molecule has 0 aliphatic heterocycles. The topological polar surface area (TPSA) is 38.8 Å². The fraction of sp³-hybridized carbons (Fsp3) is 0.350. The molecule has 24 heavy (non-hydrogen) atoms. The maximum Gasteiger partial charge on any atom is 0.414 e. The van der Waals surface area contributed by atoms with Crippen molar-refractivity contribution in [3.8, 4) is 5.75 Å². The van der Waals surface area contributed by atoms with Crippen molar-refractivity contribution in [2.45, 2.75) is 39.9 Å². The number of carbonyl (C=O) groups excluding carboxylic acids is 1. The molecule has 2 aromatic carbocycles. The fourth-order valence-corrected chi connectivity index (χ4v) is 2.26. The highest BCUT2D eigenvalue weighted by Crippen LogP contribution is 2.26. The number of hydrogen-bond acceptors (Lipinski definition) is 3. The lowest BCUT2D eigenvalue weighted by Crippen LogP contribution is -2.34. The van der Waals surface area contributed by atoms with Crippen LogP contribution in [0.2, 0.25) is 0 Å². The summed E-state index contributed by atoms with van der Waals surface area (Å²) in [5.74, 6) is 0.776. The molecule has 2 aromatic rings. The minimum absolute atomic E-state index is 0.372. The molecule has 0 aliphatic rings. The normalized spacial score (nSPS) is 11.0. The van der Waals surface area contributed by atoms with E-state index in [0.717, 1.165) is 22.6 Å². The number of anilines is 1. The van der Waals surface area contributed by atoms with Crippen molar-refractivity contribution in [2.75, 3.05) is 11.9 Å². The van der Waals surface area contributed by atoms with Gasteiger partial charge in [0.2, 0.25) is 0 Å². The van der Waals surface area contributed by atoms with Crippen molar-refractivity contribution in [3.05, 3.63) is 59.7 Å². The van der Waals surface area contributed by atoms with E-state index in [-0.39, 0.29) is 6.09 Å². The molecule has 0 unspecified atom stereocenters. The summed E-state index contributed by atoms with van der Waals surface area (Å²) in [6, 6.07) is 15.7. The molecule has 0 spiro atoms. The van der Waals surface area contributed by atoms with Crippen molar-refractivity contribution in [2.24, 2.45) is 0 Å². The zero-order chi connectivity index (χ0) is 17.7. The maximum absolute atomic E-state index is 12.2. The van der Waals surface area contributed by atoms with Gasteiger partial charge in [0, 0.05) is 12.7 Å². The predicted molar refractivity (Wildman–Crippen MR) is 96.6 cm³/mol. The average molecular weight is 327 g/mol. The highest BCUT2D eigenvalue weighted by molar-refractivity contribution is 5.88. The maximum atomic E-state index is 12.2. The molecule has 128 valence electrons. The van der Waals surface area contributed by atoms with E-state index in [2.05, 4.69) is 0 Å². The van der Waals surface area contributed by atoms with E-state index in [1.54, 1.807) is 7.05 Å². The smallest absolute Gasteiger partial charge is 0.414 e. The second-order valence-electron chi connectivity index (χ2n) is 6.76. The summed E-state index contributed by atoms with van der Waals surface area (Å²) in [6.07, 6.45) is -0.372. The molecular formula is C20H25NO3. The Morgan fingerprint density at radius 1 is 1.08 bits per heavy atom. The molecule has 2 rings (SSSR count). The Kier molecular flexibility index (Phi) is 5.50. The van der Waals surface area contributed by atoms with Crippen LogP contribution >= 0.6 is 0 Å². The zero-order valence-electron chi connectivity index (χ0n) is 15.0. The van der Waals surface area contributed by atoms with Gasteiger partial charge in [-0.2, -0.15) is 0 Å². The summed E-state index contributed by atoms with van der Waals surface area (Å²) in [7, 11) is 1.71. The lowest BCUT2D eigenvalue weighted by Gasteiger charge is -2.25. The van der Waals surface area contributed by atoms with Gasteiger partial charge in [0.25, 0.3) is 0 Å². The number of rotatable bonds is 4. The zero-order valence-corrected chi connectivity index (χ0v) is 15.0. The van der Waals surface area contributed by atoms with Crippen LogP contribution in [0.5, 0.6) is 5.75 Å². The van der Waals surface area contributed by atoms with E-state index < -0.39 is 5.60 Å². The van der Waals surface area contributed by atoms with Gasteiger partial charge in [-0.25, -0.2) is 4.79 Å². The third-order valence-corrected chi connectivity index (χ3v) is 3.45. The van der Waals surface area contributed by atoms with Gasteiger partial charge in [-0.15, -0.1) is 0 Å². The van der Waals surface area contributed by atoms with Crippen molar-refractivity contribution in [3.63, 3.8) is 0 Å². The Balaban J connectivity index is 2.05. The molecule has 0 bridgehead atoms. The van der Waals surface area contributed by atoms with Crippen LogP contribution < -0.4 is 9.64 Å². The number of amides is 1. The minimum Gasteiger partial charge on any atom is -0.489 e. The third-order valence-electron chi connectivity index (χ3n) is 3.45. The predicted octanol–water partition coefficient (Wildman–Crippen LogP) is 4.95. The molecule has 0 saturated heterocycles. The average Bonchev–Trinajstić information content (AvgIpc) is 2.52. The Morgan fingerprint density at radius 2 is 1.75 bits per heavy atom. The summed E-state index contributed by atoms with van der Waals surface area (Å²) in [5.41, 5.74) is 2.35. The molecule has 0 radical (unpaired) electrons. The minimum atomic E-state index is -0.516. The highest BCUT2D eigenvalue weighted by Gasteiger charge is 2.21. The first kappa shape index (κ1) is 17.9. The summed E-state index contributed by atoms with van der Waals surface area (Å²) in [4.78, 5) is 13.7. The van der Waals surface area contributed by atoms with Crippen molar-refractivity contribution < 1.29 is 14.3 Å². The van der Waals surface area contributed by atoms with Gasteiger partial charge >= 0.3 is 6.09 Å². The summed E-state index contributed by atoms with van der Waals surface area (Å²) in [5, 5.41) is 0. The van der Waals surface area contributed by atoms with Crippen LogP contribution in [-0.4, -0.2) is 18.7 Å². The van der Waals surface area contributed by atoms with Gasteiger partial charge in [0.1, 0.15) is 18.0 Å². The molecule has 0 N–H and O–H groups in total. The molecule has 0 aliphatic carbocycles. The Hall–Kier alpha value is -2.49. The van der Waals surface area contributed by atoms with Crippen molar-refractivity contribution in [1.82, 2.24) is 0 Å². The van der Waals surface area contributed by atoms with Gasteiger partial charge in [-0.3, -0.25) is 4.90 Å². The SMILES string of the molecule is Cc1cc(OCc2ccccc2)ccc1N(C)C(=O)OC(C)(C)C. The summed E-state index contributed by atoms with van der Waals surface area (Å²) in [6.45, 7) is 8.03. The van der Waals surface area contributed by atoms with E-state index >= 15 is 0 Å². The van der Waals surface area contributed by atoms with Crippen molar-refractivity contribution >= 4 is 11.8 Å². The summed E-state index contributed by atoms with van der Waals surface area (Å²) >= 11 is 0. The lowest BCUT2D eigenvalue weighted by molar-refractivity contribution is 0.0589. The van der Waals surface area contributed by atoms with E-state index in [1.165, 1.54) is 4.90 Å². The largest absolute Gasteiger partial charge is 0.489 e. The van der Waals surface area contributed by atoms with Gasteiger partial charge in [-0.1, -0.05) is 30.3 Å². The quantitative estimate of drug-likeness (QED) is 0.798. The second kappa shape index (κ2) is 7.39. The molecule has 0 heterocycles. The van der Waals surface area contributed by atoms with Gasteiger partial charge < -0.3 is 9.47 Å². The number of hydrogen-bond donors (Lipinski definition) is 0. The van der Waals surface area contributed by atoms with Crippen LogP contribution in [0.4, 0.5) is 10.5 Å². The molecule has 4 heteroatoms. The van der Waals surface area contributed by atoms with Gasteiger partial charge in [0.15, 0.2) is 0 Å². The second-order valence-corrected chi connectivity index (χ2v) is 6.76. The third kappa shape index (κ3) is 5.01. The van der Waals surface area contributed by atoms with Gasteiger partial charge in [0.05, 0.1) is 0 Å². The van der Waals surface area contributed by atoms with Crippen LogP contribution in [-0.2, 0) is 11.3 Å². The van der Waals surface area contributed by atoms with E-state index in [4.69, 9.17) is 9.47 Å². The number of ether oxygens (including phenoxy) is 2. The lowest BCUT2D eigenvalue weighted by atomic mass is 10.1. The highest BCUT2D eigenvalue weighted by atomic mass is 16.6. The number of aryl methyl sites for hydroxylation is 1. The Labute approximate surface area is 144 Å². The first-order valence-electron chi connectivity index (χ1n) is 8.00. The summed E-state index contributed by atoms with van der Waals surface area (Å²) < 4.78 is 11.2. The molecule has 0 saturated carbocycles. The van der Waals surface area contributed by atoms with Crippen molar-refractivity contribution in [1.29, 1.82) is 0 Å². The number of benzene rings is 2. The molecule has 0 atom stereocenters. The van der Waals surface area contributed by atoms with Crippen LogP contribution in [0, 0.1) is 6.92 Å². The molecular weight excluding hydrogens is 302 g/mol. The molecule has 0 fully saturated rings. The fourth-order valence-electron chi connectivity index (χ4n) is 2.26. The first-order chi connectivity index (χ1) is 11.3. The van der Waals surface area contributed by atoms with E-state index in [9.17, 15) is 4.79 Å².